The summed E-state index contributed by atoms with van der Waals surface area (Å²) in [6, 6.07) is 0. The van der Waals surface area contributed by atoms with Crippen molar-refractivity contribution < 1.29 is 60.6 Å². The molecule has 0 saturated heterocycles. The first-order chi connectivity index (χ1) is 0. The van der Waals surface area contributed by atoms with Crippen LogP contribution >= 0.6 is 0 Å². The summed E-state index contributed by atoms with van der Waals surface area (Å²) in [5.41, 5.74) is 0. The molecule has 0 nitrogen and oxygen atoms in total. The van der Waals surface area contributed by atoms with Crippen LogP contribution in [0.15, 0.2) is 0 Å². The average molecular weight is 207 g/mol. The third-order valence-electron chi connectivity index (χ3n) is 0. The maximum absolute atomic E-state index is 0. The third-order valence-corrected chi connectivity index (χ3v) is 0. The van der Waals surface area contributed by atoms with Gasteiger partial charge < -0.3 is 0 Å². The van der Waals surface area contributed by atoms with Crippen LogP contribution in [0, 0.1) is 0 Å². The van der Waals surface area contributed by atoms with Crippen molar-refractivity contribution in [2.75, 3.05) is 0 Å². The molecule has 0 aliphatic rings. The molecule has 21 valence electrons. The van der Waals surface area contributed by atoms with E-state index in [2.05, 4.69) is 0 Å². The first kappa shape index (κ1) is 31.1. The summed E-state index contributed by atoms with van der Waals surface area (Å²) in [6.45, 7) is 0. The Kier molecular flexibility index (Phi) is 137. The van der Waals surface area contributed by atoms with Crippen molar-refractivity contribution in [1.82, 2.24) is 0 Å². The van der Waals surface area contributed by atoms with E-state index >= 15 is 0 Å². The maximum Gasteiger partial charge on any atom is 0 e. The molecule has 0 aromatic rings. The summed E-state index contributed by atoms with van der Waals surface area (Å²) in [7, 11) is 0. The predicted molar refractivity (Wildman–Crippen MR) is 7.15 cm³/mol. The van der Waals surface area contributed by atoms with Gasteiger partial charge in [-0.25, -0.2) is 0 Å². The van der Waals surface area contributed by atoms with Crippen LogP contribution in [0.3, 0.4) is 0 Å². The van der Waals surface area contributed by atoms with Gasteiger partial charge in [-0.2, -0.15) is 0 Å². The van der Waals surface area contributed by atoms with Crippen molar-refractivity contribution in [3.05, 3.63) is 0 Å². The molecule has 0 heterocycles. The van der Waals surface area contributed by atoms with Crippen LogP contribution in [-0.2, 0) is 60.6 Å². The minimum Gasteiger partial charge on any atom is 0 e. The quantitative estimate of drug-likeness (QED) is 0.463. The fourth-order valence-electron chi connectivity index (χ4n) is 0. The third kappa shape index (κ3) is 8.82. The fraction of sp³-hybridized carbons (Fsp3) is 0. The summed E-state index contributed by atoms with van der Waals surface area (Å²) < 4.78 is 0. The topological polar surface area (TPSA) is 0 Å². The van der Waals surface area contributed by atoms with Crippen LogP contribution in [0.2, 0.25) is 0 Å². The van der Waals surface area contributed by atoms with Crippen molar-refractivity contribution in [2.45, 2.75) is 0 Å². The Labute approximate surface area is 78.4 Å². The summed E-state index contributed by atoms with van der Waals surface area (Å²) in [5, 5.41) is 0. The SMILES string of the molecule is [LiH].[Nb].[Ni].[Ti]. The molecule has 0 saturated carbocycles. The van der Waals surface area contributed by atoms with Crippen LogP contribution in [0.4, 0.5) is 0 Å². The van der Waals surface area contributed by atoms with E-state index in [1.807, 2.05) is 0 Å². The van der Waals surface area contributed by atoms with E-state index in [1.54, 1.807) is 0 Å². The molecule has 4 heteroatoms. The summed E-state index contributed by atoms with van der Waals surface area (Å²) in [6.07, 6.45) is 0. The first-order valence-corrected chi connectivity index (χ1v) is 0. The van der Waals surface area contributed by atoms with Crippen LogP contribution in [-0.4, -0.2) is 18.9 Å². The Balaban J connectivity index is 0. The van der Waals surface area contributed by atoms with Gasteiger partial charge in [0, 0.05) is 60.6 Å². The van der Waals surface area contributed by atoms with E-state index in [9.17, 15) is 0 Å². The minimum absolute atomic E-state index is 0. The van der Waals surface area contributed by atoms with E-state index < -0.39 is 0 Å². The van der Waals surface area contributed by atoms with Gasteiger partial charge in [0.15, 0.2) is 0 Å². The molecular weight excluding hydrogens is 206 g/mol. The summed E-state index contributed by atoms with van der Waals surface area (Å²) in [4.78, 5) is 0. The molecule has 0 aliphatic heterocycles. The zero-order valence-corrected chi connectivity index (χ0v) is 6.01. The molecule has 0 N–H and O–H groups in total. The van der Waals surface area contributed by atoms with Crippen LogP contribution < -0.4 is 0 Å². The van der Waals surface area contributed by atoms with Crippen LogP contribution in [0.5, 0.6) is 0 Å². The zero-order valence-electron chi connectivity index (χ0n) is 1.26. The summed E-state index contributed by atoms with van der Waals surface area (Å²) >= 11 is 0. The van der Waals surface area contributed by atoms with Gasteiger partial charge in [-0.3, -0.25) is 0 Å². The monoisotopic (exact) mass is 207 g/mol. The van der Waals surface area contributed by atoms with Gasteiger partial charge >= 0.3 is 18.9 Å². The van der Waals surface area contributed by atoms with Crippen molar-refractivity contribution in [3.63, 3.8) is 0 Å². The van der Waals surface area contributed by atoms with Gasteiger partial charge in [-0.05, 0) is 0 Å². The number of hydrogen-bond donors (Lipinski definition) is 0. The Hall–Kier alpha value is 2.55. The standard InChI is InChI=1S/Li.Nb.Ni.Ti.H. The molecule has 0 spiro atoms. The Morgan fingerprint density at radius 1 is 1.00 bits per heavy atom. The minimum atomic E-state index is 0. The smallest absolute Gasteiger partial charge is 0 e. The first-order valence-electron chi connectivity index (χ1n) is 0. The molecule has 0 aliphatic carbocycles. The summed E-state index contributed by atoms with van der Waals surface area (Å²) in [5.74, 6) is 0. The van der Waals surface area contributed by atoms with E-state index in [0.29, 0.717) is 0 Å². The van der Waals surface area contributed by atoms with Gasteiger partial charge in [0.1, 0.15) is 0 Å². The molecule has 0 fully saturated rings. The molecule has 0 bridgehead atoms. The molecule has 0 amide bonds. The Bertz CT molecular complexity index is 8.00. The largest absolute Gasteiger partial charge is 0 e. The van der Waals surface area contributed by atoms with Crippen molar-refractivity contribution in [1.29, 1.82) is 0 Å². The molecule has 4 heavy (non-hydrogen) atoms. The molecule has 0 aromatic heterocycles. The van der Waals surface area contributed by atoms with Gasteiger partial charge in [0.2, 0.25) is 0 Å². The molecule has 0 atom stereocenters. The second-order valence-electron chi connectivity index (χ2n) is 0. The van der Waals surface area contributed by atoms with Gasteiger partial charge in [0.05, 0.1) is 0 Å². The average Bonchev–Trinajstić information content (AvgIpc) is 0. The second kappa shape index (κ2) is 17.7. The van der Waals surface area contributed by atoms with Gasteiger partial charge in [-0.15, -0.1) is 0 Å². The number of rotatable bonds is 0. The van der Waals surface area contributed by atoms with E-state index in [-0.39, 0.29) is 79.5 Å². The zero-order chi connectivity index (χ0) is 0. The maximum atomic E-state index is 0. The molecule has 1 radical (unpaired) electrons. The van der Waals surface area contributed by atoms with Crippen molar-refractivity contribution >= 4 is 18.9 Å². The molecule has 0 rings (SSSR count). The van der Waals surface area contributed by atoms with Crippen molar-refractivity contribution in [2.24, 2.45) is 0 Å². The van der Waals surface area contributed by atoms with Crippen LogP contribution in [0.25, 0.3) is 0 Å². The predicted octanol–water partition coefficient (Wildman–Crippen LogP) is -0.656. The second-order valence-corrected chi connectivity index (χ2v) is 0. The van der Waals surface area contributed by atoms with Gasteiger partial charge in [0.25, 0.3) is 0 Å². The molecule has 0 unspecified atom stereocenters. The normalized spacial score (nSPS) is 0. The van der Waals surface area contributed by atoms with Crippen molar-refractivity contribution in [3.8, 4) is 0 Å². The van der Waals surface area contributed by atoms with E-state index in [1.165, 1.54) is 0 Å². The van der Waals surface area contributed by atoms with E-state index in [0.717, 1.165) is 0 Å². The fourth-order valence-corrected chi connectivity index (χ4v) is 0. The molecule has 0 aromatic carbocycles. The van der Waals surface area contributed by atoms with E-state index in [4.69, 9.17) is 0 Å². The molecular formula is HLiNbNiTi. The number of hydrogen-bond acceptors (Lipinski definition) is 0. The Morgan fingerprint density at radius 2 is 1.00 bits per heavy atom. The van der Waals surface area contributed by atoms with Crippen LogP contribution in [0.1, 0.15) is 0 Å². The Morgan fingerprint density at radius 3 is 1.00 bits per heavy atom. The van der Waals surface area contributed by atoms with Gasteiger partial charge in [-0.1, -0.05) is 0 Å².